The zero-order valence-corrected chi connectivity index (χ0v) is 9.28. The summed E-state index contributed by atoms with van der Waals surface area (Å²) in [6, 6.07) is 9.36. The van der Waals surface area contributed by atoms with Crippen molar-refractivity contribution in [2.75, 3.05) is 0 Å². The van der Waals surface area contributed by atoms with Gasteiger partial charge in [-0.25, -0.2) is 0 Å². The summed E-state index contributed by atoms with van der Waals surface area (Å²) in [6.45, 7) is 3.70. The zero-order chi connectivity index (χ0) is 11.7. The molecule has 2 amide bonds. The molecule has 16 heavy (non-hydrogen) atoms. The molecule has 82 valence electrons. The Morgan fingerprint density at radius 1 is 1.12 bits per heavy atom. The number of carbonyl (C=O) groups excluding carboxylic acids is 2. The molecule has 0 aromatic heterocycles. The number of allylic oxidation sites excluding steroid dienone is 1. The lowest BCUT2D eigenvalue weighted by atomic mass is 9.90. The predicted octanol–water partition coefficient (Wildman–Crippen LogP) is 1.76. The Morgan fingerprint density at radius 2 is 1.75 bits per heavy atom. The molecule has 0 spiro atoms. The van der Waals surface area contributed by atoms with Gasteiger partial charge < -0.3 is 0 Å². The number of rotatable bonds is 1. The van der Waals surface area contributed by atoms with E-state index < -0.39 is 5.92 Å². The lowest BCUT2D eigenvalue weighted by Crippen LogP contribution is -2.21. The van der Waals surface area contributed by atoms with E-state index in [4.69, 9.17) is 0 Å². The summed E-state index contributed by atoms with van der Waals surface area (Å²) < 4.78 is 0. The highest BCUT2D eigenvalue weighted by molar-refractivity contribution is 6.17. The Kier molecular flexibility index (Phi) is 2.60. The van der Waals surface area contributed by atoms with E-state index in [1.165, 1.54) is 0 Å². The minimum atomic E-state index is -0.446. The number of amides is 2. The Morgan fingerprint density at radius 3 is 2.31 bits per heavy atom. The lowest BCUT2D eigenvalue weighted by molar-refractivity contribution is -0.124. The second-order valence-electron chi connectivity index (χ2n) is 4.08. The molecule has 1 saturated heterocycles. The third kappa shape index (κ3) is 1.65. The maximum Gasteiger partial charge on any atom is 0.254 e. The second-order valence-corrected chi connectivity index (χ2v) is 4.08. The summed E-state index contributed by atoms with van der Waals surface area (Å²) in [7, 11) is 0. The van der Waals surface area contributed by atoms with Crippen molar-refractivity contribution in [1.82, 2.24) is 5.32 Å². The normalized spacial score (nSPS) is 19.9. The van der Waals surface area contributed by atoms with Gasteiger partial charge in [-0.05, 0) is 19.4 Å². The van der Waals surface area contributed by atoms with Crippen LogP contribution in [0.3, 0.4) is 0 Å². The number of imide groups is 1. The summed E-state index contributed by atoms with van der Waals surface area (Å²) in [5.41, 5.74) is 2.33. The Bertz CT molecular complexity index is 470. The van der Waals surface area contributed by atoms with Crippen LogP contribution in [-0.4, -0.2) is 11.8 Å². The summed E-state index contributed by atoms with van der Waals surface area (Å²) in [4.78, 5) is 23.4. The topological polar surface area (TPSA) is 46.2 Å². The maximum absolute atomic E-state index is 11.7. The number of hydrogen-bond acceptors (Lipinski definition) is 2. The van der Waals surface area contributed by atoms with Crippen LogP contribution in [0.1, 0.15) is 25.3 Å². The smallest absolute Gasteiger partial charge is 0.254 e. The Balaban J connectivity index is 2.52. The molecule has 1 atom stereocenters. The Labute approximate surface area is 94.2 Å². The molecule has 0 unspecified atom stereocenters. The molecule has 3 heteroatoms. The van der Waals surface area contributed by atoms with Crippen LogP contribution in [0.4, 0.5) is 0 Å². The van der Waals surface area contributed by atoms with Gasteiger partial charge in [0, 0.05) is 5.57 Å². The van der Waals surface area contributed by atoms with Gasteiger partial charge in [0.1, 0.15) is 0 Å². The van der Waals surface area contributed by atoms with Crippen molar-refractivity contribution in [3.05, 3.63) is 47.0 Å². The van der Waals surface area contributed by atoms with Crippen LogP contribution in [0.2, 0.25) is 0 Å². The van der Waals surface area contributed by atoms with Crippen LogP contribution in [0.25, 0.3) is 0 Å². The SMILES string of the molecule is CC(C)=C1C(=O)NC(=O)[C@H]1c1ccccc1. The summed E-state index contributed by atoms with van der Waals surface area (Å²) in [5.74, 6) is -0.940. The van der Waals surface area contributed by atoms with Gasteiger partial charge in [-0.3, -0.25) is 14.9 Å². The van der Waals surface area contributed by atoms with Crippen LogP contribution < -0.4 is 5.32 Å². The van der Waals surface area contributed by atoms with E-state index in [0.29, 0.717) is 5.57 Å². The number of hydrogen-bond donors (Lipinski definition) is 1. The van der Waals surface area contributed by atoms with Crippen LogP contribution in [0.5, 0.6) is 0 Å². The molecule has 1 N–H and O–H groups in total. The van der Waals surface area contributed by atoms with Crippen molar-refractivity contribution in [2.24, 2.45) is 0 Å². The van der Waals surface area contributed by atoms with E-state index >= 15 is 0 Å². The van der Waals surface area contributed by atoms with Crippen LogP contribution >= 0.6 is 0 Å². The van der Waals surface area contributed by atoms with Gasteiger partial charge in [0.2, 0.25) is 5.91 Å². The van der Waals surface area contributed by atoms with E-state index in [2.05, 4.69) is 5.32 Å². The van der Waals surface area contributed by atoms with E-state index in [-0.39, 0.29) is 11.8 Å². The third-order valence-electron chi connectivity index (χ3n) is 2.70. The van der Waals surface area contributed by atoms with Crippen molar-refractivity contribution in [2.45, 2.75) is 19.8 Å². The van der Waals surface area contributed by atoms with Crippen LogP contribution in [0, 0.1) is 0 Å². The monoisotopic (exact) mass is 215 g/mol. The molecule has 1 aromatic carbocycles. The van der Waals surface area contributed by atoms with Crippen molar-refractivity contribution in [3.63, 3.8) is 0 Å². The molecule has 0 radical (unpaired) electrons. The van der Waals surface area contributed by atoms with Gasteiger partial charge in [-0.15, -0.1) is 0 Å². The molecule has 0 aliphatic carbocycles. The maximum atomic E-state index is 11.7. The molecular formula is C13H13NO2. The van der Waals surface area contributed by atoms with Crippen LogP contribution in [-0.2, 0) is 9.59 Å². The van der Waals surface area contributed by atoms with Crippen LogP contribution in [0.15, 0.2) is 41.5 Å². The first-order valence-corrected chi connectivity index (χ1v) is 5.18. The lowest BCUT2D eigenvalue weighted by Gasteiger charge is -2.09. The first kappa shape index (κ1) is 10.6. The first-order chi connectivity index (χ1) is 7.61. The van der Waals surface area contributed by atoms with E-state index in [0.717, 1.165) is 11.1 Å². The zero-order valence-electron chi connectivity index (χ0n) is 9.28. The van der Waals surface area contributed by atoms with Gasteiger partial charge in [0.25, 0.3) is 5.91 Å². The Hall–Kier alpha value is -1.90. The van der Waals surface area contributed by atoms with E-state index in [1.807, 2.05) is 44.2 Å². The summed E-state index contributed by atoms with van der Waals surface area (Å²) >= 11 is 0. The highest BCUT2D eigenvalue weighted by atomic mass is 16.2. The molecule has 1 aliphatic rings. The van der Waals surface area contributed by atoms with Gasteiger partial charge >= 0.3 is 0 Å². The molecule has 1 aliphatic heterocycles. The van der Waals surface area contributed by atoms with Gasteiger partial charge in [0.15, 0.2) is 0 Å². The van der Waals surface area contributed by atoms with Crippen molar-refractivity contribution >= 4 is 11.8 Å². The molecule has 1 heterocycles. The minimum absolute atomic E-state index is 0.229. The molecular weight excluding hydrogens is 202 g/mol. The highest BCUT2D eigenvalue weighted by Gasteiger charge is 2.37. The molecule has 2 rings (SSSR count). The average Bonchev–Trinajstić information content (AvgIpc) is 2.55. The highest BCUT2D eigenvalue weighted by Crippen LogP contribution is 2.31. The average molecular weight is 215 g/mol. The van der Waals surface area contributed by atoms with E-state index in [9.17, 15) is 9.59 Å². The van der Waals surface area contributed by atoms with Crippen molar-refractivity contribution in [1.29, 1.82) is 0 Å². The second kappa shape index (κ2) is 3.93. The molecule has 0 bridgehead atoms. The number of carbonyl (C=O) groups is 2. The van der Waals surface area contributed by atoms with Gasteiger partial charge in [-0.1, -0.05) is 35.9 Å². The molecule has 1 aromatic rings. The number of benzene rings is 1. The third-order valence-corrected chi connectivity index (χ3v) is 2.70. The largest absolute Gasteiger partial charge is 0.292 e. The van der Waals surface area contributed by atoms with Gasteiger partial charge in [0.05, 0.1) is 5.92 Å². The van der Waals surface area contributed by atoms with Gasteiger partial charge in [-0.2, -0.15) is 0 Å². The standard InChI is InChI=1S/C13H13NO2/c1-8(2)10-11(13(16)14-12(10)15)9-6-4-3-5-7-9/h3-7,11H,1-2H3,(H,14,15,16)/t11-/m0/s1. The molecule has 3 nitrogen and oxygen atoms in total. The van der Waals surface area contributed by atoms with Crippen molar-refractivity contribution in [3.8, 4) is 0 Å². The summed E-state index contributed by atoms with van der Waals surface area (Å²) in [6.07, 6.45) is 0. The first-order valence-electron chi connectivity index (χ1n) is 5.18. The fraction of sp³-hybridized carbons (Fsp3) is 0.231. The molecule has 1 fully saturated rings. The molecule has 0 saturated carbocycles. The quantitative estimate of drug-likeness (QED) is 0.573. The number of nitrogens with one attached hydrogen (secondary N) is 1. The predicted molar refractivity (Wildman–Crippen MR) is 60.7 cm³/mol. The minimum Gasteiger partial charge on any atom is -0.292 e. The van der Waals surface area contributed by atoms with Crippen molar-refractivity contribution < 1.29 is 9.59 Å². The fourth-order valence-corrected chi connectivity index (χ4v) is 1.99. The summed E-state index contributed by atoms with van der Waals surface area (Å²) in [5, 5.41) is 2.36. The van der Waals surface area contributed by atoms with E-state index in [1.54, 1.807) is 0 Å². The fourth-order valence-electron chi connectivity index (χ4n) is 1.99.